The number of hydrogen-bond acceptors (Lipinski definition) is 4. The molecule has 1 unspecified atom stereocenters. The highest BCUT2D eigenvalue weighted by Crippen LogP contribution is 2.18. The van der Waals surface area contributed by atoms with Crippen molar-refractivity contribution >= 4 is 35.0 Å². The molecule has 0 spiro atoms. The summed E-state index contributed by atoms with van der Waals surface area (Å²) in [6.45, 7) is 1.78. The van der Waals surface area contributed by atoms with Crippen molar-refractivity contribution in [1.29, 1.82) is 0 Å². The smallest absolute Gasteiger partial charge is 0.237 e. The second-order valence-electron chi connectivity index (χ2n) is 5.09. The molecule has 0 saturated heterocycles. The van der Waals surface area contributed by atoms with E-state index in [1.165, 1.54) is 11.8 Å². The zero-order chi connectivity index (χ0) is 17.4. The molecular formula is C18H20N2O3S. The van der Waals surface area contributed by atoms with Crippen molar-refractivity contribution in [3.8, 4) is 5.75 Å². The van der Waals surface area contributed by atoms with Crippen LogP contribution in [0.15, 0.2) is 54.6 Å². The highest BCUT2D eigenvalue weighted by atomic mass is 32.2. The number of benzene rings is 2. The van der Waals surface area contributed by atoms with E-state index in [0.29, 0.717) is 5.69 Å². The fourth-order valence-electron chi connectivity index (χ4n) is 1.91. The molecule has 0 aromatic heterocycles. The van der Waals surface area contributed by atoms with Gasteiger partial charge in [-0.15, -0.1) is 11.8 Å². The Morgan fingerprint density at radius 1 is 1.00 bits per heavy atom. The summed E-state index contributed by atoms with van der Waals surface area (Å²) in [5.41, 5.74) is 1.44. The molecule has 126 valence electrons. The molecule has 2 rings (SSSR count). The average molecular weight is 344 g/mol. The van der Waals surface area contributed by atoms with E-state index >= 15 is 0 Å². The number of methoxy groups -OCH3 is 1. The predicted molar refractivity (Wildman–Crippen MR) is 98.6 cm³/mol. The molecule has 0 radical (unpaired) electrons. The van der Waals surface area contributed by atoms with E-state index in [4.69, 9.17) is 4.74 Å². The number of amides is 2. The van der Waals surface area contributed by atoms with E-state index in [-0.39, 0.29) is 22.8 Å². The molecule has 2 aromatic rings. The molecular weight excluding hydrogens is 324 g/mol. The van der Waals surface area contributed by atoms with Crippen LogP contribution in [0.3, 0.4) is 0 Å². The summed E-state index contributed by atoms with van der Waals surface area (Å²) in [5, 5.41) is 5.27. The van der Waals surface area contributed by atoms with Gasteiger partial charge in [-0.2, -0.15) is 0 Å². The molecule has 1 atom stereocenters. The van der Waals surface area contributed by atoms with Gasteiger partial charge in [0.15, 0.2) is 0 Å². The van der Waals surface area contributed by atoms with E-state index in [2.05, 4.69) is 10.6 Å². The maximum Gasteiger partial charge on any atom is 0.237 e. The molecule has 2 N–H and O–H groups in total. The van der Waals surface area contributed by atoms with Crippen LogP contribution in [0.4, 0.5) is 11.4 Å². The molecule has 0 bridgehead atoms. The number of nitrogens with one attached hydrogen (secondary N) is 2. The average Bonchev–Trinajstić information content (AvgIpc) is 2.61. The number of para-hydroxylation sites is 1. The third-order valence-corrected chi connectivity index (χ3v) is 4.39. The Morgan fingerprint density at radius 2 is 1.62 bits per heavy atom. The summed E-state index contributed by atoms with van der Waals surface area (Å²) >= 11 is 1.29. The Bertz CT molecular complexity index is 674. The Morgan fingerprint density at radius 3 is 2.25 bits per heavy atom. The molecule has 2 amide bonds. The molecule has 0 saturated carbocycles. The Hall–Kier alpha value is -2.47. The summed E-state index contributed by atoms with van der Waals surface area (Å²) < 4.78 is 5.07. The first kappa shape index (κ1) is 17.9. The van der Waals surface area contributed by atoms with Crippen molar-refractivity contribution < 1.29 is 14.3 Å². The van der Waals surface area contributed by atoms with Crippen LogP contribution in [-0.2, 0) is 9.59 Å². The molecule has 5 nitrogen and oxygen atoms in total. The quantitative estimate of drug-likeness (QED) is 0.808. The molecule has 0 aliphatic heterocycles. The summed E-state index contributed by atoms with van der Waals surface area (Å²) in [4.78, 5) is 24.0. The van der Waals surface area contributed by atoms with Gasteiger partial charge < -0.3 is 15.4 Å². The van der Waals surface area contributed by atoms with E-state index in [9.17, 15) is 9.59 Å². The van der Waals surface area contributed by atoms with Gasteiger partial charge in [-0.25, -0.2) is 0 Å². The topological polar surface area (TPSA) is 67.4 Å². The molecule has 0 heterocycles. The Kier molecular flexibility index (Phi) is 6.69. The van der Waals surface area contributed by atoms with E-state index < -0.39 is 0 Å². The standard InChI is InChI=1S/C18H20N2O3S/c1-13(18(22)20-15-8-10-16(23-2)11-9-15)24-12-17(21)19-14-6-4-3-5-7-14/h3-11,13H,12H2,1-2H3,(H,19,21)(H,20,22). The van der Waals surface area contributed by atoms with Crippen molar-refractivity contribution in [2.75, 3.05) is 23.5 Å². The van der Waals surface area contributed by atoms with Gasteiger partial charge in [0.05, 0.1) is 18.1 Å². The van der Waals surface area contributed by atoms with Crippen molar-refractivity contribution in [3.05, 3.63) is 54.6 Å². The van der Waals surface area contributed by atoms with Crippen LogP contribution in [0, 0.1) is 0 Å². The van der Waals surface area contributed by atoms with E-state index in [0.717, 1.165) is 11.4 Å². The first-order chi connectivity index (χ1) is 11.6. The van der Waals surface area contributed by atoms with Gasteiger partial charge in [0.25, 0.3) is 0 Å². The minimum Gasteiger partial charge on any atom is -0.497 e. The maximum absolute atomic E-state index is 12.1. The summed E-state index contributed by atoms with van der Waals surface area (Å²) in [5.74, 6) is 0.674. The lowest BCUT2D eigenvalue weighted by Crippen LogP contribution is -2.25. The molecule has 0 fully saturated rings. The molecule has 2 aromatic carbocycles. The first-order valence-electron chi connectivity index (χ1n) is 7.50. The summed E-state index contributed by atoms with van der Waals surface area (Å²) in [6.07, 6.45) is 0. The fraction of sp³-hybridized carbons (Fsp3) is 0.222. The van der Waals surface area contributed by atoms with Crippen LogP contribution in [-0.4, -0.2) is 29.9 Å². The summed E-state index contributed by atoms with van der Waals surface area (Å²) in [7, 11) is 1.59. The van der Waals surface area contributed by atoms with Crippen molar-refractivity contribution in [3.63, 3.8) is 0 Å². The number of anilines is 2. The van der Waals surface area contributed by atoms with Crippen LogP contribution >= 0.6 is 11.8 Å². The minimum absolute atomic E-state index is 0.129. The van der Waals surface area contributed by atoms with Crippen molar-refractivity contribution in [1.82, 2.24) is 0 Å². The highest BCUT2D eigenvalue weighted by Gasteiger charge is 2.15. The number of carbonyl (C=O) groups is 2. The third kappa shape index (κ3) is 5.62. The van der Waals surface area contributed by atoms with Gasteiger partial charge in [0.2, 0.25) is 11.8 Å². The lowest BCUT2D eigenvalue weighted by atomic mass is 10.3. The second-order valence-corrected chi connectivity index (χ2v) is 6.41. The van der Waals surface area contributed by atoms with Crippen LogP contribution in [0.1, 0.15) is 6.92 Å². The van der Waals surface area contributed by atoms with Crippen molar-refractivity contribution in [2.45, 2.75) is 12.2 Å². The lowest BCUT2D eigenvalue weighted by molar-refractivity contribution is -0.115. The zero-order valence-electron chi connectivity index (χ0n) is 13.6. The molecule has 6 heteroatoms. The van der Waals surface area contributed by atoms with Crippen LogP contribution < -0.4 is 15.4 Å². The number of hydrogen-bond donors (Lipinski definition) is 2. The molecule has 0 aliphatic rings. The highest BCUT2D eigenvalue weighted by molar-refractivity contribution is 8.01. The fourth-order valence-corrected chi connectivity index (χ4v) is 2.60. The number of thioether (sulfide) groups is 1. The van der Waals surface area contributed by atoms with Crippen LogP contribution in [0.2, 0.25) is 0 Å². The van der Waals surface area contributed by atoms with Crippen LogP contribution in [0.25, 0.3) is 0 Å². The molecule has 24 heavy (non-hydrogen) atoms. The lowest BCUT2D eigenvalue weighted by Gasteiger charge is -2.12. The van der Waals surface area contributed by atoms with Gasteiger partial charge in [0, 0.05) is 11.4 Å². The zero-order valence-corrected chi connectivity index (χ0v) is 14.4. The predicted octanol–water partition coefficient (Wildman–Crippen LogP) is 3.39. The minimum atomic E-state index is -0.339. The van der Waals surface area contributed by atoms with Gasteiger partial charge in [-0.05, 0) is 43.3 Å². The SMILES string of the molecule is COc1ccc(NC(=O)C(C)SCC(=O)Nc2ccccc2)cc1. The van der Waals surface area contributed by atoms with Crippen molar-refractivity contribution in [2.24, 2.45) is 0 Å². The largest absolute Gasteiger partial charge is 0.497 e. The summed E-state index contributed by atoms with van der Waals surface area (Å²) in [6, 6.07) is 16.3. The monoisotopic (exact) mass is 344 g/mol. The first-order valence-corrected chi connectivity index (χ1v) is 8.55. The van der Waals surface area contributed by atoms with E-state index in [1.807, 2.05) is 30.3 Å². The van der Waals surface area contributed by atoms with Crippen LogP contribution in [0.5, 0.6) is 5.75 Å². The maximum atomic E-state index is 12.1. The molecule has 0 aliphatic carbocycles. The van der Waals surface area contributed by atoms with Gasteiger partial charge in [-0.1, -0.05) is 18.2 Å². The number of ether oxygens (including phenoxy) is 1. The Balaban J connectivity index is 1.77. The number of rotatable bonds is 7. The Labute approximate surface area is 145 Å². The third-order valence-electron chi connectivity index (χ3n) is 3.25. The van der Waals surface area contributed by atoms with E-state index in [1.54, 1.807) is 38.3 Å². The normalized spacial score (nSPS) is 11.4. The van der Waals surface area contributed by atoms with Gasteiger partial charge >= 0.3 is 0 Å². The number of carbonyl (C=O) groups excluding carboxylic acids is 2. The second kappa shape index (κ2) is 8.98. The van der Waals surface area contributed by atoms with Gasteiger partial charge in [0.1, 0.15) is 5.75 Å². The van der Waals surface area contributed by atoms with Gasteiger partial charge in [-0.3, -0.25) is 9.59 Å².